The molecule has 0 bridgehead atoms. The Hall–Kier alpha value is -3.85. The molecule has 3 aliphatic rings. The van der Waals surface area contributed by atoms with E-state index >= 15 is 0 Å². The summed E-state index contributed by atoms with van der Waals surface area (Å²) in [7, 11) is 4.07. The second kappa shape index (κ2) is 12.3. The van der Waals surface area contributed by atoms with E-state index in [1.807, 2.05) is 25.9 Å². The fourth-order valence-corrected chi connectivity index (χ4v) is 6.58. The van der Waals surface area contributed by atoms with Crippen molar-refractivity contribution in [2.24, 2.45) is 5.41 Å². The molecular formula is C32H40F3N7O2. The number of rotatable bonds is 9. The van der Waals surface area contributed by atoms with Gasteiger partial charge in [0, 0.05) is 48.9 Å². The number of alkyl halides is 3. The minimum atomic E-state index is -4.45. The van der Waals surface area contributed by atoms with Crippen LogP contribution in [0.15, 0.2) is 30.9 Å². The van der Waals surface area contributed by atoms with Crippen LogP contribution >= 0.6 is 0 Å². The number of halogens is 3. The quantitative estimate of drug-likeness (QED) is 0.303. The molecule has 44 heavy (non-hydrogen) atoms. The summed E-state index contributed by atoms with van der Waals surface area (Å²) in [4.78, 5) is 33.8. The van der Waals surface area contributed by atoms with E-state index in [0.29, 0.717) is 56.4 Å². The molecule has 3 heterocycles. The summed E-state index contributed by atoms with van der Waals surface area (Å²) in [5.74, 6) is 0.499. The summed E-state index contributed by atoms with van der Waals surface area (Å²) in [6.45, 7) is 17.7. The summed E-state index contributed by atoms with van der Waals surface area (Å²) in [6, 6.07) is 4.08. The third-order valence-corrected chi connectivity index (χ3v) is 8.98. The number of hydrogen-bond donors (Lipinski definition) is 0. The van der Waals surface area contributed by atoms with Gasteiger partial charge in [-0.2, -0.15) is 23.1 Å². The first kappa shape index (κ1) is 31.6. The van der Waals surface area contributed by atoms with Gasteiger partial charge in [0.1, 0.15) is 11.9 Å². The normalized spacial score (nSPS) is 21.1. The van der Waals surface area contributed by atoms with Gasteiger partial charge in [0.25, 0.3) is 0 Å². The van der Waals surface area contributed by atoms with Crippen LogP contribution in [-0.2, 0) is 23.9 Å². The number of anilines is 2. The van der Waals surface area contributed by atoms with Gasteiger partial charge in [-0.3, -0.25) is 4.79 Å². The Morgan fingerprint density at radius 1 is 1.27 bits per heavy atom. The lowest BCUT2D eigenvalue weighted by atomic mass is 9.95. The lowest BCUT2D eigenvalue weighted by Gasteiger charge is -2.42. The fraction of sp³-hybridized carbons (Fsp3) is 0.562. The number of fused-ring (bicyclic) bond motifs is 1. The smallest absolute Gasteiger partial charge is 0.416 e. The minimum absolute atomic E-state index is 0.0516. The molecule has 1 aromatic carbocycles. The second-order valence-corrected chi connectivity index (χ2v) is 12.6. The molecule has 1 aliphatic carbocycles. The fourth-order valence-electron chi connectivity index (χ4n) is 6.58. The molecule has 1 amide bonds. The van der Waals surface area contributed by atoms with Crippen molar-refractivity contribution in [2.75, 3.05) is 63.2 Å². The average molecular weight is 612 g/mol. The molecule has 0 unspecified atom stereocenters. The number of amides is 1. The molecule has 12 heteroatoms. The Bertz CT molecular complexity index is 1450. The highest BCUT2D eigenvalue weighted by Gasteiger charge is 2.44. The summed E-state index contributed by atoms with van der Waals surface area (Å²) < 4.78 is 47.6. The lowest BCUT2D eigenvalue weighted by molar-refractivity contribution is -0.138. The summed E-state index contributed by atoms with van der Waals surface area (Å²) >= 11 is 0. The van der Waals surface area contributed by atoms with Crippen LogP contribution < -0.4 is 14.5 Å². The van der Waals surface area contributed by atoms with Crippen molar-refractivity contribution < 1.29 is 22.7 Å². The molecule has 2 aromatic rings. The molecule has 2 atom stereocenters. The van der Waals surface area contributed by atoms with Crippen molar-refractivity contribution in [3.63, 3.8) is 0 Å². The van der Waals surface area contributed by atoms with Gasteiger partial charge in [-0.15, -0.1) is 0 Å². The summed E-state index contributed by atoms with van der Waals surface area (Å²) in [5, 5.41) is 0. The van der Waals surface area contributed by atoms with Gasteiger partial charge in [0.2, 0.25) is 12.5 Å². The Balaban J connectivity index is 1.51. The molecule has 0 N–H and O–H groups in total. The molecule has 0 spiro atoms. The maximum atomic E-state index is 13.8. The van der Waals surface area contributed by atoms with Crippen LogP contribution in [0.1, 0.15) is 42.1 Å². The maximum absolute atomic E-state index is 13.8. The van der Waals surface area contributed by atoms with Crippen LogP contribution in [0.5, 0.6) is 6.01 Å². The predicted molar refractivity (Wildman–Crippen MR) is 163 cm³/mol. The molecule has 236 valence electrons. The van der Waals surface area contributed by atoms with Gasteiger partial charge in [0.15, 0.2) is 0 Å². The number of benzene rings is 1. The van der Waals surface area contributed by atoms with E-state index in [9.17, 15) is 18.0 Å². The monoisotopic (exact) mass is 611 g/mol. The first-order valence-electron chi connectivity index (χ1n) is 15.0. The first-order chi connectivity index (χ1) is 20.9. The highest BCUT2D eigenvalue weighted by molar-refractivity contribution is 5.87. The SMILES string of the molecule is [C-]#[N+]C[C@H]1CN(c2nc(OCC3(CN(C)C)CC3)nc3c2C[C@@H](C)N(c2cccc(C(F)(F)F)c2C)C3)CCN1C(=O)C=C. The van der Waals surface area contributed by atoms with Crippen molar-refractivity contribution in [3.05, 3.63) is 64.7 Å². The molecule has 5 rings (SSSR count). The molecule has 9 nitrogen and oxygen atoms in total. The highest BCUT2D eigenvalue weighted by Crippen LogP contribution is 2.46. The van der Waals surface area contributed by atoms with Crippen molar-refractivity contribution in [2.45, 2.75) is 57.9 Å². The zero-order valence-corrected chi connectivity index (χ0v) is 25.8. The standard InChI is InChI=1S/C32H40F3N7O2/c1-7-28(43)41-14-13-40(17-23(41)16-36-4)29-24-15-21(2)42(27-10-8-9-25(22(27)3)32(33,34)35)18-26(24)37-30(38-29)44-20-31(11-12-31)19-39(5)6/h7-10,21,23H,1,11-20H2,2-3,5-6H3/t21-,23+/m1/s1. The predicted octanol–water partition coefficient (Wildman–Crippen LogP) is 4.60. The van der Waals surface area contributed by atoms with Crippen LogP contribution in [0, 0.1) is 18.9 Å². The van der Waals surface area contributed by atoms with Gasteiger partial charge in [-0.25, -0.2) is 6.57 Å². The Labute approximate surface area is 257 Å². The van der Waals surface area contributed by atoms with E-state index in [1.165, 1.54) is 19.1 Å². The Morgan fingerprint density at radius 2 is 2.02 bits per heavy atom. The number of ether oxygens (including phenoxy) is 1. The number of carbonyl (C=O) groups excluding carboxylic acids is 1. The van der Waals surface area contributed by atoms with Crippen LogP contribution in [0.2, 0.25) is 0 Å². The van der Waals surface area contributed by atoms with Crippen molar-refractivity contribution in [1.29, 1.82) is 0 Å². The second-order valence-electron chi connectivity index (χ2n) is 12.6. The number of aromatic nitrogens is 2. The van der Waals surface area contributed by atoms with Gasteiger partial charge in [0.05, 0.1) is 24.4 Å². The molecule has 2 fully saturated rings. The lowest BCUT2D eigenvalue weighted by Crippen LogP contribution is -2.56. The van der Waals surface area contributed by atoms with E-state index in [0.717, 1.165) is 31.0 Å². The van der Waals surface area contributed by atoms with E-state index in [4.69, 9.17) is 21.3 Å². The number of carbonyl (C=O) groups is 1. The third-order valence-electron chi connectivity index (χ3n) is 8.98. The Morgan fingerprint density at radius 3 is 2.66 bits per heavy atom. The van der Waals surface area contributed by atoms with E-state index < -0.39 is 11.7 Å². The molecule has 2 aliphatic heterocycles. The van der Waals surface area contributed by atoms with E-state index in [-0.39, 0.29) is 41.5 Å². The summed E-state index contributed by atoms with van der Waals surface area (Å²) in [6.07, 6.45) is -0.542. The van der Waals surface area contributed by atoms with Gasteiger partial charge >= 0.3 is 12.2 Å². The first-order valence-corrected chi connectivity index (χ1v) is 15.0. The van der Waals surface area contributed by atoms with Gasteiger partial charge in [-0.1, -0.05) is 12.6 Å². The number of hydrogen-bond acceptors (Lipinski definition) is 7. The third kappa shape index (κ3) is 6.48. The minimum Gasteiger partial charge on any atom is -0.463 e. The zero-order valence-electron chi connectivity index (χ0n) is 25.8. The van der Waals surface area contributed by atoms with Crippen LogP contribution in [0.25, 0.3) is 4.85 Å². The van der Waals surface area contributed by atoms with Crippen LogP contribution in [-0.4, -0.2) is 91.2 Å². The number of piperazine rings is 1. The average Bonchev–Trinajstić information content (AvgIpc) is 3.73. The van der Waals surface area contributed by atoms with Gasteiger partial charge in [-0.05, 0) is 71.0 Å². The molecule has 1 aromatic heterocycles. The van der Waals surface area contributed by atoms with Crippen molar-refractivity contribution >= 4 is 17.4 Å². The van der Waals surface area contributed by atoms with E-state index in [2.05, 4.69) is 21.2 Å². The number of nitrogens with zero attached hydrogens (tertiary/aromatic N) is 7. The van der Waals surface area contributed by atoms with Crippen molar-refractivity contribution in [3.8, 4) is 6.01 Å². The van der Waals surface area contributed by atoms with E-state index in [1.54, 1.807) is 11.0 Å². The van der Waals surface area contributed by atoms with Crippen LogP contribution in [0.3, 0.4) is 0 Å². The topological polar surface area (TPSA) is 69.4 Å². The largest absolute Gasteiger partial charge is 0.463 e. The van der Waals surface area contributed by atoms with Gasteiger partial charge < -0.3 is 29.2 Å². The molecular weight excluding hydrogens is 571 g/mol. The summed E-state index contributed by atoms with van der Waals surface area (Å²) in [5.41, 5.74) is 1.75. The maximum Gasteiger partial charge on any atom is 0.416 e. The van der Waals surface area contributed by atoms with Crippen molar-refractivity contribution in [1.82, 2.24) is 19.8 Å². The highest BCUT2D eigenvalue weighted by atomic mass is 19.4. The Kier molecular flexibility index (Phi) is 8.80. The molecule has 1 saturated heterocycles. The molecule has 0 radical (unpaired) electrons. The zero-order chi connectivity index (χ0) is 31.8. The molecule has 1 saturated carbocycles. The van der Waals surface area contributed by atoms with Crippen LogP contribution in [0.4, 0.5) is 24.7 Å².